The molecule has 8 heteroatoms. The second kappa shape index (κ2) is 8.94. The fourth-order valence-electron chi connectivity index (χ4n) is 3.87. The summed E-state index contributed by atoms with van der Waals surface area (Å²) >= 11 is 7.77. The number of morpholine rings is 1. The molecule has 1 saturated heterocycles. The molecule has 1 aliphatic heterocycles. The summed E-state index contributed by atoms with van der Waals surface area (Å²) in [4.78, 5) is 25.2. The Labute approximate surface area is 195 Å². The molecule has 2 aromatic carbocycles. The van der Waals surface area contributed by atoms with Crippen LogP contribution in [0.25, 0.3) is 28.0 Å². The van der Waals surface area contributed by atoms with Crippen LogP contribution in [0.3, 0.4) is 0 Å². The van der Waals surface area contributed by atoms with Crippen molar-refractivity contribution in [2.45, 2.75) is 4.90 Å². The maximum absolute atomic E-state index is 13.0. The van der Waals surface area contributed by atoms with Crippen LogP contribution in [0.1, 0.15) is 10.4 Å². The lowest BCUT2D eigenvalue weighted by atomic mass is 10.1. The van der Waals surface area contributed by atoms with Crippen LogP contribution in [-0.2, 0) is 4.74 Å². The first-order valence-corrected chi connectivity index (χ1v) is 11.9. The number of amides is 1. The second-order valence-electron chi connectivity index (χ2n) is 7.49. The maximum Gasteiger partial charge on any atom is 0.254 e. The number of carbonyl (C=O) groups is 1. The molecule has 5 rings (SSSR count). The van der Waals surface area contributed by atoms with Crippen molar-refractivity contribution in [1.29, 1.82) is 0 Å². The van der Waals surface area contributed by atoms with Gasteiger partial charge in [0.05, 0.1) is 18.7 Å². The minimum atomic E-state index is 0.0193. The third-order valence-corrected chi connectivity index (χ3v) is 6.55. The SMILES string of the molecule is CSc1cn(-c2ncc(-c3cccc(Cl)c3)cn2)c2cc(C(=O)N3CCOCC3)ccc12. The lowest BCUT2D eigenvalue weighted by Crippen LogP contribution is -2.40. The highest BCUT2D eigenvalue weighted by molar-refractivity contribution is 7.98. The molecule has 6 nitrogen and oxygen atoms in total. The van der Waals surface area contributed by atoms with Crippen molar-refractivity contribution in [2.24, 2.45) is 0 Å². The van der Waals surface area contributed by atoms with Crippen LogP contribution in [0.5, 0.6) is 0 Å². The van der Waals surface area contributed by atoms with Crippen LogP contribution in [0.2, 0.25) is 5.02 Å². The predicted molar refractivity (Wildman–Crippen MR) is 128 cm³/mol. The minimum Gasteiger partial charge on any atom is -0.378 e. The van der Waals surface area contributed by atoms with Crippen molar-refractivity contribution in [3.8, 4) is 17.1 Å². The average Bonchev–Trinajstić information content (AvgIpc) is 3.22. The summed E-state index contributed by atoms with van der Waals surface area (Å²) in [6.07, 6.45) is 7.64. The topological polar surface area (TPSA) is 60.2 Å². The van der Waals surface area contributed by atoms with Gasteiger partial charge in [-0.15, -0.1) is 11.8 Å². The van der Waals surface area contributed by atoms with Crippen molar-refractivity contribution < 1.29 is 9.53 Å². The Morgan fingerprint density at radius 2 is 1.84 bits per heavy atom. The van der Waals surface area contributed by atoms with Gasteiger partial charge in [0.1, 0.15) is 0 Å². The number of fused-ring (bicyclic) bond motifs is 1. The van der Waals surface area contributed by atoms with Crippen molar-refractivity contribution in [2.75, 3.05) is 32.6 Å². The van der Waals surface area contributed by atoms with Crippen LogP contribution >= 0.6 is 23.4 Å². The number of rotatable bonds is 4. The zero-order chi connectivity index (χ0) is 22.1. The molecule has 1 fully saturated rings. The molecule has 0 bridgehead atoms. The van der Waals surface area contributed by atoms with Gasteiger partial charge in [0.25, 0.3) is 5.91 Å². The quantitative estimate of drug-likeness (QED) is 0.400. The Bertz CT molecular complexity index is 1280. The van der Waals surface area contributed by atoms with Crippen molar-refractivity contribution >= 4 is 40.2 Å². The van der Waals surface area contributed by atoms with E-state index in [1.54, 1.807) is 24.2 Å². The fraction of sp³-hybridized carbons (Fsp3) is 0.208. The van der Waals surface area contributed by atoms with Gasteiger partial charge >= 0.3 is 0 Å². The number of hydrogen-bond acceptors (Lipinski definition) is 5. The molecule has 162 valence electrons. The number of nitrogens with zero attached hydrogens (tertiary/aromatic N) is 4. The third-order valence-electron chi connectivity index (χ3n) is 5.55. The van der Waals surface area contributed by atoms with Gasteiger partial charge in [0.2, 0.25) is 5.95 Å². The Kier molecular flexibility index (Phi) is 5.87. The second-order valence-corrected chi connectivity index (χ2v) is 8.77. The normalized spacial score (nSPS) is 14.1. The first-order chi connectivity index (χ1) is 15.6. The van der Waals surface area contributed by atoms with Gasteiger partial charge in [-0.05, 0) is 36.1 Å². The summed E-state index contributed by atoms with van der Waals surface area (Å²) < 4.78 is 7.32. The molecule has 32 heavy (non-hydrogen) atoms. The van der Waals surface area contributed by atoms with Gasteiger partial charge in [-0.3, -0.25) is 9.36 Å². The largest absolute Gasteiger partial charge is 0.378 e. The molecule has 0 N–H and O–H groups in total. The van der Waals surface area contributed by atoms with Crippen molar-refractivity contribution in [3.63, 3.8) is 0 Å². The van der Waals surface area contributed by atoms with Crippen molar-refractivity contribution in [1.82, 2.24) is 19.4 Å². The molecule has 2 aromatic heterocycles. The number of thioether (sulfide) groups is 1. The molecule has 0 aliphatic carbocycles. The van der Waals surface area contributed by atoms with E-state index in [-0.39, 0.29) is 5.91 Å². The smallest absolute Gasteiger partial charge is 0.254 e. The summed E-state index contributed by atoms with van der Waals surface area (Å²) in [5.41, 5.74) is 3.41. The van der Waals surface area contributed by atoms with E-state index in [9.17, 15) is 4.79 Å². The van der Waals surface area contributed by atoms with Gasteiger partial charge in [-0.25, -0.2) is 9.97 Å². The predicted octanol–water partition coefficient (Wildman–Crippen LogP) is 4.94. The molecule has 0 radical (unpaired) electrons. The number of aromatic nitrogens is 3. The van der Waals surface area contributed by atoms with Crippen LogP contribution < -0.4 is 0 Å². The van der Waals surface area contributed by atoms with Gasteiger partial charge in [0.15, 0.2) is 0 Å². The Morgan fingerprint density at radius 1 is 1.06 bits per heavy atom. The molecule has 0 spiro atoms. The third kappa shape index (κ3) is 3.99. The molecule has 1 amide bonds. The van der Waals surface area contributed by atoms with Gasteiger partial charge in [-0.2, -0.15) is 0 Å². The van der Waals surface area contributed by atoms with E-state index >= 15 is 0 Å². The van der Waals surface area contributed by atoms with E-state index in [2.05, 4.69) is 9.97 Å². The van der Waals surface area contributed by atoms with E-state index in [0.717, 1.165) is 26.9 Å². The molecular formula is C24H21ClN4O2S. The lowest BCUT2D eigenvalue weighted by Gasteiger charge is -2.26. The Morgan fingerprint density at radius 3 is 2.56 bits per heavy atom. The van der Waals surface area contributed by atoms with E-state index in [1.165, 1.54) is 0 Å². The average molecular weight is 465 g/mol. The Balaban J connectivity index is 1.53. The minimum absolute atomic E-state index is 0.0193. The number of ether oxygens (including phenoxy) is 1. The summed E-state index contributed by atoms with van der Waals surface area (Å²) in [6.45, 7) is 2.38. The number of hydrogen-bond donors (Lipinski definition) is 0. The molecular weight excluding hydrogens is 444 g/mol. The Hall–Kier alpha value is -2.87. The van der Waals surface area contributed by atoms with Gasteiger partial charge in [0, 0.05) is 58.1 Å². The first-order valence-electron chi connectivity index (χ1n) is 10.3. The standard InChI is InChI=1S/C24H21ClN4O2S/c1-32-22-15-29(24-26-13-18(14-27-24)16-3-2-4-19(25)11-16)21-12-17(5-6-20(21)22)23(30)28-7-9-31-10-8-28/h2-6,11-15H,7-10H2,1H3. The highest BCUT2D eigenvalue weighted by Gasteiger charge is 2.20. The molecule has 0 saturated carbocycles. The van der Waals surface area contributed by atoms with Crippen LogP contribution in [0.15, 0.2) is 66.0 Å². The summed E-state index contributed by atoms with van der Waals surface area (Å²) in [5, 5.41) is 1.74. The molecule has 3 heterocycles. The number of carbonyl (C=O) groups excluding carboxylic acids is 1. The monoisotopic (exact) mass is 464 g/mol. The van der Waals surface area contributed by atoms with E-state index in [0.29, 0.717) is 42.8 Å². The lowest BCUT2D eigenvalue weighted by molar-refractivity contribution is 0.0303. The maximum atomic E-state index is 13.0. The van der Waals surface area contributed by atoms with Crippen LogP contribution in [-0.4, -0.2) is 57.9 Å². The molecule has 4 aromatic rings. The van der Waals surface area contributed by atoms with E-state index in [1.807, 2.05) is 64.4 Å². The van der Waals surface area contributed by atoms with Crippen LogP contribution in [0.4, 0.5) is 0 Å². The summed E-state index contributed by atoms with van der Waals surface area (Å²) in [7, 11) is 0. The van der Waals surface area contributed by atoms with E-state index in [4.69, 9.17) is 16.3 Å². The van der Waals surface area contributed by atoms with Gasteiger partial charge < -0.3 is 9.64 Å². The van der Waals surface area contributed by atoms with E-state index < -0.39 is 0 Å². The summed E-state index contributed by atoms with van der Waals surface area (Å²) in [5.74, 6) is 0.572. The van der Waals surface area contributed by atoms with Crippen LogP contribution in [0, 0.1) is 0 Å². The van der Waals surface area contributed by atoms with Gasteiger partial charge in [-0.1, -0.05) is 29.8 Å². The molecule has 1 aliphatic rings. The molecule has 0 unspecified atom stereocenters. The highest BCUT2D eigenvalue weighted by Crippen LogP contribution is 2.31. The first kappa shape index (κ1) is 21.0. The molecule has 0 atom stereocenters. The summed E-state index contributed by atoms with van der Waals surface area (Å²) in [6, 6.07) is 13.4. The zero-order valence-electron chi connectivity index (χ0n) is 17.5. The number of benzene rings is 2. The zero-order valence-corrected chi connectivity index (χ0v) is 19.1. The van der Waals surface area contributed by atoms with Crippen molar-refractivity contribution in [3.05, 3.63) is 71.6 Å². The number of halogens is 1. The fourth-order valence-corrected chi connectivity index (χ4v) is 4.66. The highest BCUT2D eigenvalue weighted by atomic mass is 35.5.